The molecule has 2 fully saturated rings. The summed E-state index contributed by atoms with van der Waals surface area (Å²) in [6, 6.07) is 3.79. The first-order valence-corrected chi connectivity index (χ1v) is 7.66. The molecule has 21 heavy (non-hydrogen) atoms. The number of hydrogen-bond donors (Lipinski definition) is 1. The van der Waals surface area contributed by atoms with Crippen LogP contribution in [0.25, 0.3) is 0 Å². The van der Waals surface area contributed by atoms with Crippen molar-refractivity contribution < 1.29 is 9.59 Å². The molecule has 2 amide bonds. The molecule has 5 nitrogen and oxygen atoms in total. The summed E-state index contributed by atoms with van der Waals surface area (Å²) < 4.78 is 0. The Morgan fingerprint density at radius 2 is 1.90 bits per heavy atom. The average Bonchev–Trinajstić information content (AvgIpc) is 3.32. The standard InChI is InChI=1S/C16H21N3O2/c1-11-2-3-13(10-17-11)15(20)18-14-6-8-19(9-7-14)16(21)12-4-5-12/h2-3,10,12,14H,4-9H2,1H3,(H,18,20). The zero-order valence-electron chi connectivity index (χ0n) is 12.3. The van der Waals surface area contributed by atoms with E-state index in [2.05, 4.69) is 10.3 Å². The molecule has 1 aliphatic heterocycles. The fourth-order valence-electron chi connectivity index (χ4n) is 2.70. The molecule has 1 saturated carbocycles. The summed E-state index contributed by atoms with van der Waals surface area (Å²) in [6.45, 7) is 3.41. The van der Waals surface area contributed by atoms with Crippen LogP contribution in [-0.2, 0) is 4.79 Å². The Balaban J connectivity index is 1.49. The lowest BCUT2D eigenvalue weighted by Crippen LogP contribution is -2.47. The van der Waals surface area contributed by atoms with E-state index >= 15 is 0 Å². The molecular formula is C16H21N3O2. The third kappa shape index (κ3) is 3.40. The van der Waals surface area contributed by atoms with Crippen LogP contribution < -0.4 is 5.32 Å². The van der Waals surface area contributed by atoms with E-state index < -0.39 is 0 Å². The summed E-state index contributed by atoms with van der Waals surface area (Å²) in [6.07, 6.45) is 5.38. The monoisotopic (exact) mass is 287 g/mol. The Hall–Kier alpha value is -1.91. The lowest BCUT2D eigenvalue weighted by Gasteiger charge is -2.32. The van der Waals surface area contributed by atoms with Crippen LogP contribution in [0.5, 0.6) is 0 Å². The number of amides is 2. The number of aryl methyl sites for hydroxylation is 1. The lowest BCUT2D eigenvalue weighted by molar-refractivity contribution is -0.133. The van der Waals surface area contributed by atoms with Crippen LogP contribution in [0.4, 0.5) is 0 Å². The third-order valence-electron chi connectivity index (χ3n) is 4.24. The van der Waals surface area contributed by atoms with Gasteiger partial charge in [-0.15, -0.1) is 0 Å². The molecule has 0 atom stereocenters. The summed E-state index contributed by atoms with van der Waals surface area (Å²) in [5.74, 6) is 0.520. The molecule has 0 unspecified atom stereocenters. The number of rotatable bonds is 3. The maximum atomic E-state index is 12.1. The number of carbonyl (C=O) groups excluding carboxylic acids is 2. The fourth-order valence-corrected chi connectivity index (χ4v) is 2.70. The van der Waals surface area contributed by atoms with Crippen LogP contribution in [0.3, 0.4) is 0 Å². The Morgan fingerprint density at radius 1 is 1.19 bits per heavy atom. The SMILES string of the molecule is Cc1ccc(C(=O)NC2CCN(C(=O)C3CC3)CC2)cn1. The zero-order valence-corrected chi connectivity index (χ0v) is 12.3. The smallest absolute Gasteiger partial charge is 0.253 e. The molecule has 2 aliphatic rings. The molecular weight excluding hydrogens is 266 g/mol. The number of nitrogens with one attached hydrogen (secondary N) is 1. The molecule has 1 aromatic heterocycles. The Bertz CT molecular complexity index is 529. The van der Waals surface area contributed by atoms with E-state index in [1.165, 1.54) is 0 Å². The molecule has 0 aromatic carbocycles. The lowest BCUT2D eigenvalue weighted by atomic mass is 10.0. The van der Waals surface area contributed by atoms with Crippen LogP contribution >= 0.6 is 0 Å². The molecule has 5 heteroatoms. The summed E-state index contributed by atoms with van der Waals surface area (Å²) in [4.78, 5) is 30.2. The van der Waals surface area contributed by atoms with E-state index in [-0.39, 0.29) is 17.9 Å². The van der Waals surface area contributed by atoms with E-state index in [9.17, 15) is 9.59 Å². The van der Waals surface area contributed by atoms with Gasteiger partial charge in [-0.2, -0.15) is 0 Å². The van der Waals surface area contributed by atoms with Crippen molar-refractivity contribution in [3.05, 3.63) is 29.6 Å². The minimum atomic E-state index is -0.0746. The largest absolute Gasteiger partial charge is 0.349 e. The van der Waals surface area contributed by atoms with Gasteiger partial charge in [0.1, 0.15) is 0 Å². The molecule has 1 aliphatic carbocycles. The van der Waals surface area contributed by atoms with Crippen molar-refractivity contribution in [2.75, 3.05) is 13.1 Å². The van der Waals surface area contributed by atoms with E-state index in [4.69, 9.17) is 0 Å². The summed E-state index contributed by atoms with van der Waals surface area (Å²) in [5, 5.41) is 3.04. The summed E-state index contributed by atoms with van der Waals surface area (Å²) in [5.41, 5.74) is 1.50. The van der Waals surface area contributed by atoms with E-state index in [0.29, 0.717) is 11.5 Å². The second-order valence-electron chi connectivity index (χ2n) is 6.04. The van der Waals surface area contributed by atoms with Crippen LogP contribution in [-0.4, -0.2) is 40.8 Å². The Kier molecular flexibility index (Phi) is 3.90. The van der Waals surface area contributed by atoms with Gasteiger partial charge in [0.15, 0.2) is 0 Å². The van der Waals surface area contributed by atoms with Crippen LogP contribution in [0, 0.1) is 12.8 Å². The van der Waals surface area contributed by atoms with Crippen molar-refractivity contribution in [2.45, 2.75) is 38.6 Å². The van der Waals surface area contributed by atoms with Crippen LogP contribution in [0.1, 0.15) is 41.7 Å². The van der Waals surface area contributed by atoms with Crippen molar-refractivity contribution in [3.63, 3.8) is 0 Å². The number of nitrogens with zero attached hydrogens (tertiary/aromatic N) is 2. The maximum absolute atomic E-state index is 12.1. The molecule has 3 rings (SSSR count). The highest BCUT2D eigenvalue weighted by atomic mass is 16.2. The summed E-state index contributed by atoms with van der Waals surface area (Å²) in [7, 11) is 0. The second kappa shape index (κ2) is 5.84. The van der Waals surface area contributed by atoms with E-state index in [1.807, 2.05) is 17.9 Å². The summed E-state index contributed by atoms with van der Waals surface area (Å²) >= 11 is 0. The first-order chi connectivity index (χ1) is 10.1. The Labute approximate surface area is 124 Å². The van der Waals surface area contributed by atoms with Gasteiger partial charge in [0, 0.05) is 36.9 Å². The average molecular weight is 287 g/mol. The number of piperidine rings is 1. The van der Waals surface area contributed by atoms with Gasteiger partial charge >= 0.3 is 0 Å². The predicted molar refractivity (Wildman–Crippen MR) is 78.8 cm³/mol. The van der Waals surface area contributed by atoms with Gasteiger partial charge < -0.3 is 10.2 Å². The molecule has 0 spiro atoms. The first-order valence-electron chi connectivity index (χ1n) is 7.66. The Morgan fingerprint density at radius 3 is 2.48 bits per heavy atom. The highest BCUT2D eigenvalue weighted by Crippen LogP contribution is 2.31. The van der Waals surface area contributed by atoms with Crippen LogP contribution in [0.15, 0.2) is 18.3 Å². The van der Waals surface area contributed by atoms with Gasteiger partial charge in [-0.25, -0.2) is 0 Å². The van der Waals surface area contributed by atoms with Crippen molar-refractivity contribution in [2.24, 2.45) is 5.92 Å². The number of pyridine rings is 1. The topological polar surface area (TPSA) is 62.3 Å². The van der Waals surface area contributed by atoms with Gasteiger partial charge in [0.25, 0.3) is 5.91 Å². The van der Waals surface area contributed by atoms with Gasteiger partial charge in [0.2, 0.25) is 5.91 Å². The molecule has 0 bridgehead atoms. The van der Waals surface area contributed by atoms with Crippen molar-refractivity contribution in [1.29, 1.82) is 0 Å². The number of carbonyl (C=O) groups is 2. The van der Waals surface area contributed by atoms with Gasteiger partial charge in [-0.05, 0) is 44.7 Å². The molecule has 0 radical (unpaired) electrons. The minimum absolute atomic E-state index is 0.0746. The maximum Gasteiger partial charge on any atom is 0.253 e. The number of hydrogen-bond acceptors (Lipinski definition) is 3. The quantitative estimate of drug-likeness (QED) is 0.917. The molecule has 112 valence electrons. The minimum Gasteiger partial charge on any atom is -0.349 e. The van der Waals surface area contributed by atoms with E-state index in [0.717, 1.165) is 44.5 Å². The molecule has 1 aromatic rings. The van der Waals surface area contributed by atoms with Crippen LogP contribution in [0.2, 0.25) is 0 Å². The third-order valence-corrected chi connectivity index (χ3v) is 4.24. The van der Waals surface area contributed by atoms with Gasteiger partial charge in [0.05, 0.1) is 5.56 Å². The predicted octanol–water partition coefficient (Wildman–Crippen LogP) is 1.52. The molecule has 2 heterocycles. The fraction of sp³-hybridized carbons (Fsp3) is 0.562. The van der Waals surface area contributed by atoms with E-state index in [1.54, 1.807) is 12.3 Å². The van der Waals surface area contributed by atoms with Gasteiger partial charge in [-0.1, -0.05) is 0 Å². The highest BCUT2D eigenvalue weighted by Gasteiger charge is 2.35. The molecule has 1 N–H and O–H groups in total. The zero-order chi connectivity index (χ0) is 14.8. The normalized spacial score (nSPS) is 19.4. The number of likely N-dealkylation sites (tertiary alicyclic amines) is 1. The molecule has 1 saturated heterocycles. The number of aromatic nitrogens is 1. The van der Waals surface area contributed by atoms with Gasteiger partial charge in [-0.3, -0.25) is 14.6 Å². The van der Waals surface area contributed by atoms with Crippen molar-refractivity contribution in [1.82, 2.24) is 15.2 Å². The first kappa shape index (κ1) is 14.0. The van der Waals surface area contributed by atoms with Crippen molar-refractivity contribution >= 4 is 11.8 Å². The van der Waals surface area contributed by atoms with Crippen molar-refractivity contribution in [3.8, 4) is 0 Å². The second-order valence-corrected chi connectivity index (χ2v) is 6.04. The highest BCUT2D eigenvalue weighted by molar-refractivity contribution is 5.94.